The van der Waals surface area contributed by atoms with Gasteiger partial charge in [0.15, 0.2) is 0 Å². The van der Waals surface area contributed by atoms with Crippen LogP contribution in [0.25, 0.3) is 27.5 Å². The molecule has 1 aromatic carbocycles. The van der Waals surface area contributed by atoms with Crippen molar-refractivity contribution in [3.05, 3.63) is 55.0 Å². The van der Waals surface area contributed by atoms with E-state index in [4.69, 9.17) is 5.10 Å². The molecule has 1 saturated carbocycles. The molecule has 0 amide bonds. The van der Waals surface area contributed by atoms with Crippen LogP contribution in [0.15, 0.2) is 55.0 Å². The van der Waals surface area contributed by atoms with E-state index >= 15 is 0 Å². The Morgan fingerprint density at radius 2 is 1.87 bits per heavy atom. The van der Waals surface area contributed by atoms with Crippen molar-refractivity contribution in [2.75, 3.05) is 38.5 Å². The molecule has 2 aliphatic rings. The third kappa shape index (κ3) is 3.54. The van der Waals surface area contributed by atoms with Gasteiger partial charge in [-0.3, -0.25) is 9.88 Å². The fourth-order valence-corrected chi connectivity index (χ4v) is 4.83. The first-order valence-electron chi connectivity index (χ1n) is 11.1. The molecule has 158 valence electrons. The second kappa shape index (κ2) is 7.59. The molecule has 7 nitrogen and oxygen atoms in total. The zero-order valence-electron chi connectivity index (χ0n) is 17.8. The Balaban J connectivity index is 1.16. The van der Waals surface area contributed by atoms with Crippen LogP contribution in [0.3, 0.4) is 0 Å². The summed E-state index contributed by atoms with van der Waals surface area (Å²) in [6.07, 6.45) is 8.11. The summed E-state index contributed by atoms with van der Waals surface area (Å²) in [4.78, 5) is 14.1. The van der Waals surface area contributed by atoms with E-state index in [1.807, 2.05) is 29.2 Å². The fourth-order valence-electron chi connectivity index (χ4n) is 4.83. The molecule has 0 spiro atoms. The van der Waals surface area contributed by atoms with Crippen molar-refractivity contribution in [1.82, 2.24) is 29.4 Å². The summed E-state index contributed by atoms with van der Waals surface area (Å²) in [5.41, 5.74) is 4.31. The summed E-state index contributed by atoms with van der Waals surface area (Å²) in [5.74, 6) is 0.708. The van der Waals surface area contributed by atoms with Gasteiger partial charge in [-0.1, -0.05) is 12.1 Å². The lowest BCUT2D eigenvalue weighted by molar-refractivity contribution is 0.0656. The molecule has 31 heavy (non-hydrogen) atoms. The molecular formula is C24H27N7. The van der Waals surface area contributed by atoms with Crippen LogP contribution >= 0.6 is 0 Å². The first-order chi connectivity index (χ1) is 15.2. The summed E-state index contributed by atoms with van der Waals surface area (Å²) in [6, 6.07) is 13.7. The zero-order chi connectivity index (χ0) is 20.8. The SMILES string of the molecule is CN1CCN([C@H]2C[C@H](Nc3ncc4c(-c5ccc6ncccc6c5)ccn4n3)C2)CC1. The number of rotatable bonds is 4. The minimum atomic E-state index is 0.463. The molecule has 3 aromatic heterocycles. The normalized spacial score (nSPS) is 22.6. The smallest absolute Gasteiger partial charge is 0.241 e. The molecule has 0 radical (unpaired) electrons. The Kier molecular flexibility index (Phi) is 4.58. The second-order valence-electron chi connectivity index (χ2n) is 8.86. The highest BCUT2D eigenvalue weighted by molar-refractivity contribution is 5.88. The molecule has 0 atom stereocenters. The maximum atomic E-state index is 4.71. The van der Waals surface area contributed by atoms with Crippen molar-refractivity contribution in [3.8, 4) is 11.1 Å². The molecular weight excluding hydrogens is 386 g/mol. The number of likely N-dealkylation sites (N-methyl/N-ethyl adjacent to an activating group) is 1. The molecule has 0 bridgehead atoms. The monoisotopic (exact) mass is 413 g/mol. The molecule has 4 aromatic rings. The van der Waals surface area contributed by atoms with Gasteiger partial charge in [-0.05, 0) is 49.7 Å². The van der Waals surface area contributed by atoms with E-state index in [1.165, 1.54) is 39.0 Å². The summed E-state index contributed by atoms with van der Waals surface area (Å²) in [5, 5.41) is 9.39. The molecule has 0 unspecified atom stereocenters. The lowest BCUT2D eigenvalue weighted by atomic mass is 9.85. The van der Waals surface area contributed by atoms with Crippen molar-refractivity contribution >= 4 is 22.4 Å². The van der Waals surface area contributed by atoms with E-state index in [1.54, 1.807) is 0 Å². The van der Waals surface area contributed by atoms with Crippen LogP contribution in [0.2, 0.25) is 0 Å². The highest BCUT2D eigenvalue weighted by Gasteiger charge is 2.35. The largest absolute Gasteiger partial charge is 0.350 e. The van der Waals surface area contributed by atoms with Gasteiger partial charge in [0.05, 0.1) is 17.2 Å². The van der Waals surface area contributed by atoms with Gasteiger partial charge in [-0.2, -0.15) is 0 Å². The Morgan fingerprint density at radius 1 is 1.00 bits per heavy atom. The molecule has 1 saturated heterocycles. The number of aromatic nitrogens is 4. The molecule has 4 heterocycles. The topological polar surface area (TPSA) is 61.6 Å². The minimum absolute atomic E-state index is 0.463. The summed E-state index contributed by atoms with van der Waals surface area (Å²) < 4.78 is 1.93. The summed E-state index contributed by atoms with van der Waals surface area (Å²) in [6.45, 7) is 4.73. The van der Waals surface area contributed by atoms with Gasteiger partial charge < -0.3 is 10.2 Å². The average molecular weight is 414 g/mol. The van der Waals surface area contributed by atoms with Gasteiger partial charge in [0, 0.05) is 61.6 Å². The van der Waals surface area contributed by atoms with Crippen molar-refractivity contribution < 1.29 is 0 Å². The summed E-state index contributed by atoms with van der Waals surface area (Å²) >= 11 is 0. The van der Waals surface area contributed by atoms with Crippen molar-refractivity contribution in [1.29, 1.82) is 0 Å². The van der Waals surface area contributed by atoms with Gasteiger partial charge in [-0.15, -0.1) is 5.10 Å². The maximum Gasteiger partial charge on any atom is 0.241 e. The van der Waals surface area contributed by atoms with Gasteiger partial charge in [0.2, 0.25) is 5.95 Å². The number of piperazine rings is 1. The molecule has 6 rings (SSSR count). The predicted molar refractivity (Wildman–Crippen MR) is 123 cm³/mol. The number of nitrogens with one attached hydrogen (secondary N) is 1. The predicted octanol–water partition coefficient (Wildman–Crippen LogP) is 3.13. The van der Waals surface area contributed by atoms with Crippen molar-refractivity contribution in [2.45, 2.75) is 24.9 Å². The van der Waals surface area contributed by atoms with Crippen LogP contribution < -0.4 is 5.32 Å². The van der Waals surface area contributed by atoms with Crippen LogP contribution in [0.5, 0.6) is 0 Å². The molecule has 2 fully saturated rings. The third-order valence-electron chi connectivity index (χ3n) is 6.83. The van der Waals surface area contributed by atoms with E-state index in [0.717, 1.165) is 27.5 Å². The lowest BCUT2D eigenvalue weighted by Gasteiger charge is -2.46. The second-order valence-corrected chi connectivity index (χ2v) is 8.86. The quantitative estimate of drug-likeness (QED) is 0.555. The van der Waals surface area contributed by atoms with E-state index in [-0.39, 0.29) is 0 Å². The Hall–Kier alpha value is -3.03. The standard InChI is InChI=1S/C24H27N7/c1-29-9-11-30(12-10-29)20-14-19(15-20)27-24-26-16-23-21(6-8-31(23)28-24)17-4-5-22-18(13-17)3-2-7-25-22/h2-8,13,16,19-20H,9-12,14-15H2,1H3,(H,27,28)/t19-,20-. The van der Waals surface area contributed by atoms with Crippen molar-refractivity contribution in [3.63, 3.8) is 0 Å². The number of fused-ring (bicyclic) bond motifs is 2. The molecule has 1 N–H and O–H groups in total. The van der Waals surface area contributed by atoms with Crippen LogP contribution in [-0.2, 0) is 0 Å². The van der Waals surface area contributed by atoms with Crippen LogP contribution in [0.4, 0.5) is 5.95 Å². The fraction of sp³-hybridized carbons (Fsp3) is 0.375. The average Bonchev–Trinajstić information content (AvgIpc) is 3.20. The first kappa shape index (κ1) is 18.7. The third-order valence-corrected chi connectivity index (χ3v) is 6.83. The number of hydrogen-bond acceptors (Lipinski definition) is 6. The number of pyridine rings is 1. The van der Waals surface area contributed by atoms with E-state index in [9.17, 15) is 0 Å². The lowest BCUT2D eigenvalue weighted by Crippen LogP contribution is -2.55. The maximum absolute atomic E-state index is 4.71. The van der Waals surface area contributed by atoms with Gasteiger partial charge in [0.25, 0.3) is 0 Å². The minimum Gasteiger partial charge on any atom is -0.350 e. The van der Waals surface area contributed by atoms with Crippen LogP contribution in [0.1, 0.15) is 12.8 Å². The van der Waals surface area contributed by atoms with Gasteiger partial charge in [-0.25, -0.2) is 9.50 Å². The Morgan fingerprint density at radius 3 is 2.74 bits per heavy atom. The summed E-state index contributed by atoms with van der Waals surface area (Å²) in [7, 11) is 2.21. The number of benzene rings is 1. The first-order valence-corrected chi connectivity index (χ1v) is 11.1. The van der Waals surface area contributed by atoms with Crippen molar-refractivity contribution in [2.24, 2.45) is 0 Å². The molecule has 1 aliphatic carbocycles. The number of hydrogen-bond donors (Lipinski definition) is 1. The van der Waals surface area contributed by atoms with Crippen LogP contribution in [0, 0.1) is 0 Å². The molecule has 7 heteroatoms. The van der Waals surface area contributed by atoms with Crippen LogP contribution in [-0.4, -0.2) is 74.7 Å². The van der Waals surface area contributed by atoms with E-state index in [2.05, 4.69) is 62.5 Å². The van der Waals surface area contributed by atoms with E-state index < -0.39 is 0 Å². The number of nitrogens with zero attached hydrogens (tertiary/aromatic N) is 6. The highest BCUT2D eigenvalue weighted by atomic mass is 15.3. The van der Waals surface area contributed by atoms with E-state index in [0.29, 0.717) is 18.0 Å². The Labute approximate surface area is 181 Å². The van der Waals surface area contributed by atoms with Gasteiger partial charge >= 0.3 is 0 Å². The zero-order valence-corrected chi connectivity index (χ0v) is 17.8. The molecule has 1 aliphatic heterocycles. The van der Waals surface area contributed by atoms with Gasteiger partial charge in [0.1, 0.15) is 0 Å². The highest BCUT2D eigenvalue weighted by Crippen LogP contribution is 2.30. The Bertz CT molecular complexity index is 1220. The number of anilines is 1.